The van der Waals surface area contributed by atoms with E-state index in [9.17, 15) is 4.79 Å². The molecule has 1 amide bonds. The van der Waals surface area contributed by atoms with E-state index in [-0.39, 0.29) is 11.8 Å². The van der Waals surface area contributed by atoms with Gasteiger partial charge in [-0.25, -0.2) is 0 Å². The van der Waals surface area contributed by atoms with Gasteiger partial charge < -0.3 is 10.1 Å². The van der Waals surface area contributed by atoms with E-state index < -0.39 is 0 Å². The molecular formula is C22H23NO2. The number of carbonyl (C=O) groups excluding carboxylic acids is 1. The summed E-state index contributed by atoms with van der Waals surface area (Å²) in [4.78, 5) is 12.1. The Kier molecular flexibility index (Phi) is 5.40. The monoisotopic (exact) mass is 333 g/mol. The molecule has 0 aliphatic heterocycles. The quantitative estimate of drug-likeness (QED) is 0.844. The molecule has 1 atom stereocenters. The zero-order valence-corrected chi connectivity index (χ0v) is 14.7. The van der Waals surface area contributed by atoms with Gasteiger partial charge in [0.2, 0.25) is 5.91 Å². The largest absolute Gasteiger partial charge is 0.494 e. The number of carbonyl (C=O) groups is 1. The van der Waals surface area contributed by atoms with E-state index in [2.05, 4.69) is 17.2 Å². The Morgan fingerprint density at radius 3 is 2.16 bits per heavy atom. The third kappa shape index (κ3) is 4.87. The van der Waals surface area contributed by atoms with Crippen molar-refractivity contribution in [2.75, 3.05) is 6.61 Å². The van der Waals surface area contributed by atoms with Crippen LogP contribution in [-0.2, 0) is 4.79 Å². The van der Waals surface area contributed by atoms with Gasteiger partial charge in [0, 0.05) is 17.2 Å². The minimum Gasteiger partial charge on any atom is -0.494 e. The normalized spacial score (nSPS) is 14.2. The summed E-state index contributed by atoms with van der Waals surface area (Å²) in [6.45, 7) is 4.57. The molecule has 0 heterocycles. The van der Waals surface area contributed by atoms with Crippen LogP contribution < -0.4 is 10.1 Å². The van der Waals surface area contributed by atoms with Gasteiger partial charge in [-0.3, -0.25) is 4.79 Å². The highest BCUT2D eigenvalue weighted by molar-refractivity contribution is 5.83. The molecule has 3 rings (SSSR count). The van der Waals surface area contributed by atoms with Gasteiger partial charge in [-0.1, -0.05) is 24.0 Å². The summed E-state index contributed by atoms with van der Waals surface area (Å²) in [6, 6.07) is 16.1. The highest BCUT2D eigenvalue weighted by Crippen LogP contribution is 2.22. The van der Waals surface area contributed by atoms with Crippen LogP contribution in [0.3, 0.4) is 0 Å². The van der Waals surface area contributed by atoms with Gasteiger partial charge >= 0.3 is 0 Å². The minimum absolute atomic E-state index is 0.107. The highest BCUT2D eigenvalue weighted by Gasteiger charge is 2.26. The zero-order valence-electron chi connectivity index (χ0n) is 14.7. The van der Waals surface area contributed by atoms with E-state index in [1.54, 1.807) is 0 Å². The molecule has 1 fully saturated rings. The van der Waals surface area contributed by atoms with Gasteiger partial charge in [-0.15, -0.1) is 0 Å². The fourth-order valence-corrected chi connectivity index (χ4v) is 2.51. The highest BCUT2D eigenvalue weighted by atomic mass is 16.5. The van der Waals surface area contributed by atoms with Crippen LogP contribution in [0.5, 0.6) is 5.75 Å². The van der Waals surface area contributed by atoms with Crippen LogP contribution in [0.4, 0.5) is 0 Å². The van der Waals surface area contributed by atoms with Crippen LogP contribution in [0.1, 0.15) is 49.3 Å². The first-order chi connectivity index (χ1) is 12.2. The lowest BCUT2D eigenvalue weighted by Gasteiger charge is -2.12. The van der Waals surface area contributed by atoms with E-state index in [1.807, 2.05) is 62.4 Å². The van der Waals surface area contributed by atoms with Crippen molar-refractivity contribution in [2.24, 2.45) is 0 Å². The number of amides is 1. The number of ether oxygens (including phenoxy) is 1. The van der Waals surface area contributed by atoms with Gasteiger partial charge in [0.15, 0.2) is 0 Å². The first kappa shape index (κ1) is 17.1. The number of rotatable bonds is 5. The van der Waals surface area contributed by atoms with Gasteiger partial charge in [-0.2, -0.15) is 0 Å². The molecule has 3 nitrogen and oxygen atoms in total. The number of nitrogens with one attached hydrogen (secondary N) is 1. The summed E-state index contributed by atoms with van der Waals surface area (Å²) in [7, 11) is 0. The Balaban J connectivity index is 1.63. The van der Waals surface area contributed by atoms with E-state index >= 15 is 0 Å². The number of hydrogen-bond acceptors (Lipinski definition) is 2. The average molecular weight is 333 g/mol. The average Bonchev–Trinajstić information content (AvgIpc) is 3.45. The van der Waals surface area contributed by atoms with Gasteiger partial charge in [0.1, 0.15) is 5.75 Å². The van der Waals surface area contributed by atoms with Gasteiger partial charge in [0.05, 0.1) is 12.5 Å². The zero-order chi connectivity index (χ0) is 17.6. The Hall–Kier alpha value is -2.73. The molecule has 1 saturated carbocycles. The molecule has 25 heavy (non-hydrogen) atoms. The maximum Gasteiger partial charge on any atom is 0.227 e. The Morgan fingerprint density at radius 2 is 1.64 bits per heavy atom. The molecule has 0 spiro atoms. The van der Waals surface area contributed by atoms with E-state index in [1.165, 1.54) is 0 Å². The maximum absolute atomic E-state index is 12.1. The lowest BCUT2D eigenvalue weighted by Crippen LogP contribution is -2.29. The first-order valence-electron chi connectivity index (χ1n) is 8.81. The first-order valence-corrected chi connectivity index (χ1v) is 8.81. The molecule has 1 unspecified atom stereocenters. The second-order valence-electron chi connectivity index (χ2n) is 6.33. The summed E-state index contributed by atoms with van der Waals surface area (Å²) in [5.41, 5.74) is 2.90. The fourth-order valence-electron chi connectivity index (χ4n) is 2.51. The molecule has 1 N–H and O–H groups in total. The number of benzene rings is 2. The van der Waals surface area contributed by atoms with Crippen molar-refractivity contribution in [3.63, 3.8) is 0 Å². The third-order valence-corrected chi connectivity index (χ3v) is 4.24. The standard InChI is InChI=1S/C22H23NO2/c1-3-25-21-14-8-18(9-15-21)5-4-17-6-10-19(11-7-17)16(2)22(24)23-20-12-13-20/h6-11,14-16,20H,3,12-13H2,1-2H3,(H,23,24). The van der Waals surface area contributed by atoms with Crippen LogP contribution in [0.15, 0.2) is 48.5 Å². The molecule has 0 aromatic heterocycles. The Bertz CT molecular complexity index is 778. The van der Waals surface area contributed by atoms with Crippen molar-refractivity contribution in [1.29, 1.82) is 0 Å². The van der Waals surface area contributed by atoms with Crippen LogP contribution in [0, 0.1) is 11.8 Å². The van der Waals surface area contributed by atoms with Crippen LogP contribution in [0.2, 0.25) is 0 Å². The Labute approximate surface area is 149 Å². The molecule has 1 aliphatic carbocycles. The SMILES string of the molecule is CCOc1ccc(C#Cc2ccc(C(C)C(=O)NC3CC3)cc2)cc1. The van der Waals surface area contributed by atoms with Crippen LogP contribution in [0.25, 0.3) is 0 Å². The van der Waals surface area contributed by atoms with Crippen molar-refractivity contribution in [3.05, 3.63) is 65.2 Å². The van der Waals surface area contributed by atoms with Crippen LogP contribution >= 0.6 is 0 Å². The third-order valence-electron chi connectivity index (χ3n) is 4.24. The predicted octanol–water partition coefficient (Wildman–Crippen LogP) is 3.87. The second kappa shape index (κ2) is 7.90. The lowest BCUT2D eigenvalue weighted by atomic mass is 9.99. The van der Waals surface area contributed by atoms with E-state index in [0.29, 0.717) is 12.6 Å². The molecule has 3 heteroatoms. The summed E-state index contributed by atoms with van der Waals surface area (Å²) in [6.07, 6.45) is 2.22. The van der Waals surface area contributed by atoms with Crippen molar-refractivity contribution >= 4 is 5.91 Å². The molecule has 2 aromatic carbocycles. The second-order valence-corrected chi connectivity index (χ2v) is 6.33. The summed E-state index contributed by atoms with van der Waals surface area (Å²) in [5, 5.41) is 3.05. The van der Waals surface area contributed by atoms with Gasteiger partial charge in [0.25, 0.3) is 0 Å². The molecule has 2 aromatic rings. The summed E-state index contributed by atoms with van der Waals surface area (Å²) >= 11 is 0. The molecule has 1 aliphatic rings. The summed E-state index contributed by atoms with van der Waals surface area (Å²) < 4.78 is 5.43. The van der Waals surface area contributed by atoms with Crippen molar-refractivity contribution in [2.45, 2.75) is 38.6 Å². The van der Waals surface area contributed by atoms with Crippen molar-refractivity contribution < 1.29 is 9.53 Å². The molecule has 0 saturated heterocycles. The van der Waals surface area contributed by atoms with Crippen molar-refractivity contribution in [3.8, 4) is 17.6 Å². The van der Waals surface area contributed by atoms with E-state index in [4.69, 9.17) is 4.74 Å². The molecular weight excluding hydrogens is 310 g/mol. The molecule has 0 bridgehead atoms. The molecule has 0 radical (unpaired) electrons. The van der Waals surface area contributed by atoms with Crippen LogP contribution in [-0.4, -0.2) is 18.6 Å². The number of hydrogen-bond donors (Lipinski definition) is 1. The molecule has 128 valence electrons. The Morgan fingerprint density at radius 1 is 1.08 bits per heavy atom. The lowest BCUT2D eigenvalue weighted by molar-refractivity contribution is -0.122. The predicted molar refractivity (Wildman–Crippen MR) is 99.6 cm³/mol. The smallest absolute Gasteiger partial charge is 0.227 e. The topological polar surface area (TPSA) is 38.3 Å². The van der Waals surface area contributed by atoms with Gasteiger partial charge in [-0.05, 0) is 68.7 Å². The van der Waals surface area contributed by atoms with Crippen molar-refractivity contribution in [1.82, 2.24) is 5.32 Å². The summed E-state index contributed by atoms with van der Waals surface area (Å²) in [5.74, 6) is 7.14. The minimum atomic E-state index is -0.131. The maximum atomic E-state index is 12.1. The fraction of sp³-hybridized carbons (Fsp3) is 0.318. The van der Waals surface area contributed by atoms with E-state index in [0.717, 1.165) is 35.3 Å².